The number of hydrogen-bond acceptors (Lipinski definition) is 3. The maximum atomic E-state index is 13.8. The Labute approximate surface area is 114 Å². The number of hydrogen-bond donors (Lipinski definition) is 0. The molecule has 18 heavy (non-hydrogen) atoms. The van der Waals surface area contributed by atoms with E-state index in [0.29, 0.717) is 9.84 Å². The van der Waals surface area contributed by atoms with E-state index >= 15 is 0 Å². The Bertz CT molecular complexity index is 622. The minimum Gasteiger partial charge on any atom is -0.235 e. The van der Waals surface area contributed by atoms with Gasteiger partial charge < -0.3 is 0 Å². The highest BCUT2D eigenvalue weighted by molar-refractivity contribution is 14.2. The highest BCUT2D eigenvalue weighted by Gasteiger charge is 2.27. The van der Waals surface area contributed by atoms with Crippen LogP contribution in [0.5, 0.6) is 0 Å². The lowest BCUT2D eigenvalue weighted by molar-refractivity contribution is 0.582. The van der Waals surface area contributed by atoms with Gasteiger partial charge in [-0.2, -0.15) is 4.68 Å². The second-order valence-corrected chi connectivity index (χ2v) is 7.59. The molecule has 6 heteroatoms. The van der Waals surface area contributed by atoms with E-state index in [9.17, 15) is 4.39 Å². The molecular formula is C12H12FIN4. The molecule has 0 saturated carbocycles. The van der Waals surface area contributed by atoms with Crippen LogP contribution in [0, 0.1) is 5.82 Å². The molecule has 2 unspecified atom stereocenters. The van der Waals surface area contributed by atoms with E-state index in [1.807, 2.05) is 0 Å². The van der Waals surface area contributed by atoms with Crippen molar-refractivity contribution >= 4 is 24.7 Å². The second kappa shape index (κ2) is 4.49. The minimum atomic E-state index is -0.370. The van der Waals surface area contributed by atoms with E-state index in [2.05, 4.69) is 33.2 Å². The van der Waals surface area contributed by atoms with Crippen LogP contribution in [0.3, 0.4) is 0 Å². The molecule has 0 aliphatic carbocycles. The fourth-order valence-corrected chi connectivity index (χ4v) is 4.29. The zero-order valence-electron chi connectivity index (χ0n) is 10.0. The third-order valence-electron chi connectivity index (χ3n) is 3.16. The molecule has 0 radical (unpaired) electrons. The average Bonchev–Trinajstić information content (AvgIpc) is 2.79. The van der Waals surface area contributed by atoms with Gasteiger partial charge in [0, 0.05) is 16.0 Å². The summed E-state index contributed by atoms with van der Waals surface area (Å²) < 4.78 is 18.1. The summed E-state index contributed by atoms with van der Waals surface area (Å²) in [6.07, 6.45) is 1.57. The van der Waals surface area contributed by atoms with Crippen molar-refractivity contribution in [1.82, 2.24) is 20.0 Å². The fraction of sp³-hybridized carbons (Fsp3) is 0.333. The predicted octanol–water partition coefficient (Wildman–Crippen LogP) is 2.43. The summed E-state index contributed by atoms with van der Waals surface area (Å²) in [5, 5.41) is 8.20. The summed E-state index contributed by atoms with van der Waals surface area (Å²) in [5.74, 6) is 0.207. The molecule has 1 aliphatic heterocycles. The quantitative estimate of drug-likeness (QED) is 0.581. The predicted molar refractivity (Wildman–Crippen MR) is 76.2 cm³/mol. The first kappa shape index (κ1) is 11.9. The number of fused-ring (bicyclic) bond motifs is 1. The molecule has 0 saturated heterocycles. The number of aromatic nitrogens is 4. The van der Waals surface area contributed by atoms with Crippen molar-refractivity contribution in [1.29, 1.82) is 0 Å². The van der Waals surface area contributed by atoms with Crippen LogP contribution in [0.15, 0.2) is 18.3 Å². The molecule has 0 fully saturated rings. The molecule has 0 N–H and O–H groups in total. The molecule has 2 atom stereocenters. The molecule has 1 aliphatic rings. The Morgan fingerprint density at radius 3 is 3.00 bits per heavy atom. The molecule has 94 valence electrons. The van der Waals surface area contributed by atoms with Crippen LogP contribution in [0.4, 0.5) is 4.39 Å². The van der Waals surface area contributed by atoms with Gasteiger partial charge in [-0.1, -0.05) is 19.1 Å². The summed E-state index contributed by atoms with van der Waals surface area (Å²) >= 11 is 0.00309. The van der Waals surface area contributed by atoms with Gasteiger partial charge in [-0.15, -0.1) is 25.8 Å². The van der Waals surface area contributed by atoms with Crippen molar-refractivity contribution in [3.8, 4) is 5.82 Å². The number of pyridine rings is 1. The van der Waals surface area contributed by atoms with Crippen LogP contribution >= 0.6 is 20.7 Å². The van der Waals surface area contributed by atoms with Gasteiger partial charge in [0.15, 0.2) is 11.6 Å². The maximum Gasteiger partial charge on any atom is 0.191 e. The van der Waals surface area contributed by atoms with Crippen molar-refractivity contribution in [2.45, 2.75) is 23.7 Å². The first-order valence-corrected chi connectivity index (χ1v) is 8.19. The number of nitrogens with zero attached hydrogens (tertiary/aromatic N) is 4. The zero-order valence-corrected chi connectivity index (χ0v) is 12.2. The van der Waals surface area contributed by atoms with Gasteiger partial charge in [-0.3, -0.25) is 0 Å². The van der Waals surface area contributed by atoms with E-state index < -0.39 is 0 Å². The number of rotatable bonds is 1. The molecule has 0 bridgehead atoms. The maximum absolute atomic E-state index is 13.8. The molecule has 2 aromatic rings. The Morgan fingerprint density at radius 1 is 1.39 bits per heavy atom. The van der Waals surface area contributed by atoms with Crippen LogP contribution in [0.25, 0.3) is 5.82 Å². The third-order valence-corrected chi connectivity index (χ3v) is 6.32. The first-order chi connectivity index (χ1) is 8.68. The lowest BCUT2D eigenvalue weighted by Gasteiger charge is -2.20. The molecule has 3 heterocycles. The van der Waals surface area contributed by atoms with Crippen LogP contribution < -0.4 is 0 Å². The van der Waals surface area contributed by atoms with Crippen LogP contribution in [-0.4, -0.2) is 27.9 Å². The lowest BCUT2D eigenvalue weighted by atomic mass is 10.0. The Balaban J connectivity index is 2.19. The molecule has 0 amide bonds. The summed E-state index contributed by atoms with van der Waals surface area (Å²) in [6.45, 7) is 4.38. The molecule has 0 aromatic carbocycles. The largest absolute Gasteiger partial charge is 0.235 e. The number of alkyl halides is 1. The molecule has 4 nitrogen and oxygen atoms in total. The van der Waals surface area contributed by atoms with Crippen molar-refractivity contribution in [3.63, 3.8) is 0 Å². The SMILES string of the molecule is CC1I=Cc2nnn(-c3ncccc3F)c2C1C. The molecule has 3 rings (SSSR count). The summed E-state index contributed by atoms with van der Waals surface area (Å²) in [6, 6.07) is 2.97. The molecular weight excluding hydrogens is 346 g/mol. The molecule has 0 spiro atoms. The monoisotopic (exact) mass is 358 g/mol. The van der Waals surface area contributed by atoms with E-state index in [4.69, 9.17) is 0 Å². The minimum absolute atomic E-state index is 0.00309. The van der Waals surface area contributed by atoms with E-state index in [1.165, 1.54) is 6.07 Å². The van der Waals surface area contributed by atoms with Crippen molar-refractivity contribution < 1.29 is 4.39 Å². The smallest absolute Gasteiger partial charge is 0.191 e. The number of halogens is 2. The van der Waals surface area contributed by atoms with E-state index in [1.54, 1.807) is 16.9 Å². The third kappa shape index (κ3) is 1.79. The average molecular weight is 358 g/mol. The van der Waals surface area contributed by atoms with Gasteiger partial charge in [-0.05, 0) is 16.1 Å². The van der Waals surface area contributed by atoms with Gasteiger partial charge in [0.05, 0.1) is 5.69 Å². The van der Waals surface area contributed by atoms with Crippen molar-refractivity contribution in [2.75, 3.05) is 0 Å². The van der Waals surface area contributed by atoms with Crippen molar-refractivity contribution in [3.05, 3.63) is 35.5 Å². The Kier molecular flexibility index (Phi) is 2.96. The van der Waals surface area contributed by atoms with Gasteiger partial charge in [0.2, 0.25) is 0 Å². The van der Waals surface area contributed by atoms with Crippen LogP contribution in [-0.2, 0) is 0 Å². The first-order valence-electron chi connectivity index (χ1n) is 5.70. The van der Waals surface area contributed by atoms with E-state index in [-0.39, 0.29) is 32.4 Å². The highest BCUT2D eigenvalue weighted by Crippen LogP contribution is 2.34. The topological polar surface area (TPSA) is 43.6 Å². The van der Waals surface area contributed by atoms with Gasteiger partial charge in [0.25, 0.3) is 0 Å². The lowest BCUT2D eigenvalue weighted by Crippen LogP contribution is -2.17. The fourth-order valence-electron chi connectivity index (χ4n) is 1.98. The van der Waals surface area contributed by atoms with Gasteiger partial charge in [-0.25, -0.2) is 9.37 Å². The normalized spacial score (nSPS) is 22.4. The standard InChI is InChI=1S/C12H12FIN4/c1-7-8(2)14-6-10-11(7)18(17-16-10)12-9(13)4-3-5-15-12/h3-8H,1-2H3. The van der Waals surface area contributed by atoms with Crippen LogP contribution in [0.2, 0.25) is 0 Å². The summed E-state index contributed by atoms with van der Waals surface area (Å²) in [4.78, 5) is 4.07. The summed E-state index contributed by atoms with van der Waals surface area (Å²) in [7, 11) is 0. The second-order valence-electron chi connectivity index (χ2n) is 4.28. The van der Waals surface area contributed by atoms with Crippen LogP contribution in [0.1, 0.15) is 31.2 Å². The van der Waals surface area contributed by atoms with Gasteiger partial charge in [0.1, 0.15) is 5.69 Å². The molecule has 2 aromatic heterocycles. The van der Waals surface area contributed by atoms with E-state index in [0.717, 1.165) is 11.4 Å². The Hall–Kier alpha value is -1.18. The van der Waals surface area contributed by atoms with Gasteiger partial charge >= 0.3 is 0 Å². The Morgan fingerprint density at radius 2 is 2.22 bits per heavy atom. The van der Waals surface area contributed by atoms with Crippen molar-refractivity contribution in [2.24, 2.45) is 0 Å². The highest BCUT2D eigenvalue weighted by atomic mass is 127. The summed E-state index contributed by atoms with van der Waals surface area (Å²) in [5.41, 5.74) is 1.88. The zero-order chi connectivity index (χ0) is 12.7.